The number of rotatable bonds is 6. The van der Waals surface area contributed by atoms with Crippen molar-refractivity contribution < 1.29 is 27.5 Å². The Morgan fingerprint density at radius 1 is 1.04 bits per heavy atom. The van der Waals surface area contributed by atoms with E-state index in [4.69, 9.17) is 4.74 Å². The number of amides is 1. The van der Waals surface area contributed by atoms with Crippen LogP contribution in [0.2, 0.25) is 0 Å². The van der Waals surface area contributed by atoms with Crippen molar-refractivity contribution in [2.75, 3.05) is 5.32 Å². The summed E-state index contributed by atoms with van der Waals surface area (Å²) >= 11 is 0. The number of ether oxygens (including phenoxy) is 1. The predicted molar refractivity (Wildman–Crippen MR) is 85.3 cm³/mol. The molecule has 2 aromatic carbocycles. The lowest BCUT2D eigenvalue weighted by molar-refractivity contribution is -0.153. The van der Waals surface area contributed by atoms with Crippen molar-refractivity contribution in [3.8, 4) is 0 Å². The third-order valence-corrected chi connectivity index (χ3v) is 3.42. The maximum Gasteiger partial charge on any atom is 0.306 e. The summed E-state index contributed by atoms with van der Waals surface area (Å²) in [6.45, 7) is 1.34. The molecule has 2 rings (SSSR count). The summed E-state index contributed by atoms with van der Waals surface area (Å²) in [5.74, 6) is -3.92. The molecule has 0 aromatic heterocycles. The van der Waals surface area contributed by atoms with Crippen molar-refractivity contribution in [3.63, 3.8) is 0 Å². The van der Waals surface area contributed by atoms with Crippen LogP contribution in [0.4, 0.5) is 18.9 Å². The first-order valence-corrected chi connectivity index (χ1v) is 7.55. The van der Waals surface area contributed by atoms with Gasteiger partial charge in [0.15, 0.2) is 17.7 Å². The summed E-state index contributed by atoms with van der Waals surface area (Å²) in [6.07, 6.45) is -1.09. The van der Waals surface area contributed by atoms with E-state index in [1.165, 1.54) is 19.1 Å². The van der Waals surface area contributed by atoms with Gasteiger partial charge in [0.25, 0.3) is 5.91 Å². The standard InChI is InChI=1S/C18H16F3NO3/c1-11(18(24)22-13-7-8-15(20)16(21)10-13)25-17(23)9-6-12-4-2-3-5-14(12)19/h2-5,7-8,10-11H,6,9H2,1H3,(H,22,24)/t11-/m0/s1. The van der Waals surface area contributed by atoms with Gasteiger partial charge >= 0.3 is 5.97 Å². The molecule has 0 saturated carbocycles. The second kappa shape index (κ2) is 8.32. The number of esters is 1. The Kier molecular flexibility index (Phi) is 6.16. The van der Waals surface area contributed by atoms with Crippen molar-refractivity contribution in [1.82, 2.24) is 0 Å². The number of benzene rings is 2. The minimum Gasteiger partial charge on any atom is -0.453 e. The number of nitrogens with one attached hydrogen (secondary N) is 1. The second-order valence-electron chi connectivity index (χ2n) is 5.34. The molecule has 25 heavy (non-hydrogen) atoms. The summed E-state index contributed by atoms with van der Waals surface area (Å²) in [5.41, 5.74) is 0.413. The number of hydrogen-bond acceptors (Lipinski definition) is 3. The lowest BCUT2D eigenvalue weighted by atomic mass is 10.1. The van der Waals surface area contributed by atoms with Crippen LogP contribution < -0.4 is 5.32 Å². The average Bonchev–Trinajstić information content (AvgIpc) is 2.57. The Labute approximate surface area is 142 Å². The number of halogens is 3. The van der Waals surface area contributed by atoms with Crippen molar-refractivity contribution in [2.24, 2.45) is 0 Å². The first-order valence-electron chi connectivity index (χ1n) is 7.55. The first-order chi connectivity index (χ1) is 11.9. The number of carbonyl (C=O) groups excluding carboxylic acids is 2. The van der Waals surface area contributed by atoms with E-state index in [-0.39, 0.29) is 18.5 Å². The molecule has 7 heteroatoms. The van der Waals surface area contributed by atoms with Gasteiger partial charge in [0, 0.05) is 18.2 Å². The lowest BCUT2D eigenvalue weighted by Gasteiger charge is -2.13. The normalized spacial score (nSPS) is 11.7. The molecule has 1 N–H and O–H groups in total. The average molecular weight is 351 g/mol. The van der Waals surface area contributed by atoms with E-state index in [2.05, 4.69) is 5.32 Å². The zero-order valence-corrected chi connectivity index (χ0v) is 13.4. The molecule has 132 valence electrons. The van der Waals surface area contributed by atoms with Gasteiger partial charge in [-0.05, 0) is 37.1 Å². The van der Waals surface area contributed by atoms with E-state index in [1.54, 1.807) is 18.2 Å². The molecule has 0 aliphatic heterocycles. The summed E-state index contributed by atoms with van der Waals surface area (Å²) in [6, 6.07) is 8.92. The molecule has 0 spiro atoms. The van der Waals surface area contributed by atoms with Gasteiger partial charge in [-0.3, -0.25) is 9.59 Å². The quantitative estimate of drug-likeness (QED) is 0.809. The van der Waals surface area contributed by atoms with Gasteiger partial charge in [0.05, 0.1) is 0 Å². The van der Waals surface area contributed by atoms with Crippen LogP contribution in [0.5, 0.6) is 0 Å². The molecule has 0 aliphatic carbocycles. The second-order valence-corrected chi connectivity index (χ2v) is 5.34. The molecular weight excluding hydrogens is 335 g/mol. The fourth-order valence-corrected chi connectivity index (χ4v) is 2.07. The largest absolute Gasteiger partial charge is 0.453 e. The molecule has 0 heterocycles. The van der Waals surface area contributed by atoms with Crippen LogP contribution >= 0.6 is 0 Å². The predicted octanol–water partition coefficient (Wildman–Crippen LogP) is 3.61. The molecule has 0 bridgehead atoms. The molecule has 1 atom stereocenters. The lowest BCUT2D eigenvalue weighted by Crippen LogP contribution is -2.30. The SMILES string of the molecule is C[C@H](OC(=O)CCc1ccccc1F)C(=O)Nc1ccc(F)c(F)c1. The number of hydrogen-bond donors (Lipinski definition) is 1. The molecule has 0 fully saturated rings. The topological polar surface area (TPSA) is 55.4 Å². The molecule has 0 unspecified atom stereocenters. The third-order valence-electron chi connectivity index (χ3n) is 3.42. The van der Waals surface area contributed by atoms with E-state index in [1.807, 2.05) is 0 Å². The maximum atomic E-state index is 13.5. The number of carbonyl (C=O) groups is 2. The Hall–Kier alpha value is -2.83. The van der Waals surface area contributed by atoms with E-state index < -0.39 is 35.4 Å². The Morgan fingerprint density at radius 3 is 2.44 bits per heavy atom. The van der Waals surface area contributed by atoms with E-state index in [0.717, 1.165) is 12.1 Å². The van der Waals surface area contributed by atoms with Crippen LogP contribution in [-0.4, -0.2) is 18.0 Å². The van der Waals surface area contributed by atoms with Crippen LogP contribution in [0.3, 0.4) is 0 Å². The van der Waals surface area contributed by atoms with Gasteiger partial charge < -0.3 is 10.1 Å². The van der Waals surface area contributed by atoms with E-state index in [0.29, 0.717) is 5.56 Å². The van der Waals surface area contributed by atoms with Crippen LogP contribution in [0, 0.1) is 17.5 Å². The molecule has 0 aliphatic rings. The molecule has 1 amide bonds. The highest BCUT2D eigenvalue weighted by Gasteiger charge is 2.18. The molecule has 0 radical (unpaired) electrons. The fraction of sp³-hybridized carbons (Fsp3) is 0.222. The minimum absolute atomic E-state index is 0.0400. The maximum absolute atomic E-state index is 13.5. The van der Waals surface area contributed by atoms with Gasteiger partial charge in [-0.15, -0.1) is 0 Å². The summed E-state index contributed by atoms with van der Waals surface area (Å²) in [4.78, 5) is 23.7. The fourth-order valence-electron chi connectivity index (χ4n) is 2.07. The number of aryl methyl sites for hydroxylation is 1. The van der Waals surface area contributed by atoms with Crippen molar-refractivity contribution in [2.45, 2.75) is 25.9 Å². The third kappa shape index (κ3) is 5.34. The van der Waals surface area contributed by atoms with Crippen LogP contribution in [0.25, 0.3) is 0 Å². The van der Waals surface area contributed by atoms with Crippen molar-refractivity contribution in [3.05, 3.63) is 65.5 Å². The van der Waals surface area contributed by atoms with Crippen LogP contribution in [0.1, 0.15) is 18.9 Å². The Balaban J connectivity index is 1.84. The molecule has 0 saturated heterocycles. The van der Waals surface area contributed by atoms with Crippen molar-refractivity contribution in [1.29, 1.82) is 0 Å². The van der Waals surface area contributed by atoms with Crippen LogP contribution in [-0.2, 0) is 20.7 Å². The minimum atomic E-state index is -1.14. The highest BCUT2D eigenvalue weighted by molar-refractivity contribution is 5.95. The number of anilines is 1. The Bertz CT molecular complexity index is 780. The van der Waals surface area contributed by atoms with Crippen LogP contribution in [0.15, 0.2) is 42.5 Å². The van der Waals surface area contributed by atoms with Crippen molar-refractivity contribution >= 4 is 17.6 Å². The Morgan fingerprint density at radius 2 is 1.76 bits per heavy atom. The van der Waals surface area contributed by atoms with Gasteiger partial charge in [0.2, 0.25) is 0 Å². The summed E-state index contributed by atoms with van der Waals surface area (Å²) in [5, 5.41) is 2.32. The first kappa shape index (κ1) is 18.5. The summed E-state index contributed by atoms with van der Waals surface area (Å²) in [7, 11) is 0. The highest BCUT2D eigenvalue weighted by atomic mass is 19.2. The monoisotopic (exact) mass is 351 g/mol. The van der Waals surface area contributed by atoms with E-state index in [9.17, 15) is 22.8 Å². The summed E-state index contributed by atoms with van der Waals surface area (Å²) < 4.78 is 44.3. The van der Waals surface area contributed by atoms with Gasteiger partial charge in [-0.1, -0.05) is 18.2 Å². The highest BCUT2D eigenvalue weighted by Crippen LogP contribution is 2.14. The molecule has 4 nitrogen and oxygen atoms in total. The zero-order chi connectivity index (χ0) is 18.4. The smallest absolute Gasteiger partial charge is 0.306 e. The van der Waals surface area contributed by atoms with Gasteiger partial charge in [0.1, 0.15) is 5.82 Å². The van der Waals surface area contributed by atoms with Gasteiger partial charge in [-0.25, -0.2) is 13.2 Å². The van der Waals surface area contributed by atoms with E-state index >= 15 is 0 Å². The zero-order valence-electron chi connectivity index (χ0n) is 13.4. The molecular formula is C18H16F3NO3. The van der Waals surface area contributed by atoms with Gasteiger partial charge in [-0.2, -0.15) is 0 Å². The molecule has 2 aromatic rings.